The maximum absolute atomic E-state index is 8.78. The Balaban J connectivity index is 1.66. The molecule has 2 aliphatic carbocycles. The van der Waals surface area contributed by atoms with E-state index in [-0.39, 0.29) is 11.5 Å². The Hall–Kier alpha value is -1.53. The molecule has 0 heterocycles. The smallest absolute Gasteiger partial charge is 0.119 e. The van der Waals surface area contributed by atoms with Gasteiger partial charge in [-0.05, 0) is 48.9 Å². The van der Waals surface area contributed by atoms with E-state index in [9.17, 15) is 0 Å². The Kier molecular flexibility index (Phi) is 2.76. The monoisotopic (exact) mass is 242 g/mol. The average molecular weight is 242 g/mol. The second-order valence-corrected chi connectivity index (χ2v) is 5.63. The van der Waals surface area contributed by atoms with E-state index < -0.39 is 0 Å². The van der Waals surface area contributed by atoms with Crippen LogP contribution >= 0.6 is 0 Å². The normalized spacial score (nSPS) is 23.2. The van der Waals surface area contributed by atoms with Crippen molar-refractivity contribution >= 4 is 0 Å². The molecule has 0 unspecified atom stereocenters. The van der Waals surface area contributed by atoms with E-state index in [1.54, 1.807) is 0 Å². The SMILES string of the molecule is N#CCC1(COc2ccc3c(c2)CC[C@H]3N)CC1. The number of nitriles is 1. The van der Waals surface area contributed by atoms with Crippen LogP contribution in [-0.2, 0) is 6.42 Å². The fraction of sp³-hybridized carbons (Fsp3) is 0.533. The topological polar surface area (TPSA) is 59.0 Å². The molecule has 3 rings (SSSR count). The number of rotatable bonds is 4. The first-order chi connectivity index (χ1) is 8.72. The molecule has 0 bridgehead atoms. The summed E-state index contributed by atoms with van der Waals surface area (Å²) in [5.74, 6) is 0.923. The molecular formula is C15H18N2O. The predicted octanol–water partition coefficient (Wildman–Crippen LogP) is 2.71. The van der Waals surface area contributed by atoms with Gasteiger partial charge in [0.1, 0.15) is 5.75 Å². The maximum Gasteiger partial charge on any atom is 0.119 e. The molecule has 0 aliphatic heterocycles. The second kappa shape index (κ2) is 4.29. The third-order valence-corrected chi connectivity index (χ3v) is 4.19. The Morgan fingerprint density at radius 3 is 3.00 bits per heavy atom. The first kappa shape index (κ1) is 11.6. The third kappa shape index (κ3) is 2.09. The van der Waals surface area contributed by atoms with Gasteiger partial charge in [-0.2, -0.15) is 5.26 Å². The van der Waals surface area contributed by atoms with Crippen molar-refractivity contribution in [2.45, 2.75) is 38.1 Å². The summed E-state index contributed by atoms with van der Waals surface area (Å²) in [4.78, 5) is 0. The molecule has 1 atom stereocenters. The van der Waals surface area contributed by atoms with Crippen LogP contribution in [-0.4, -0.2) is 6.61 Å². The quantitative estimate of drug-likeness (QED) is 0.883. The number of fused-ring (bicyclic) bond motifs is 1. The molecule has 2 aliphatic rings. The lowest BCUT2D eigenvalue weighted by molar-refractivity contribution is 0.236. The van der Waals surface area contributed by atoms with Crippen molar-refractivity contribution in [1.29, 1.82) is 5.26 Å². The van der Waals surface area contributed by atoms with Crippen LogP contribution in [0.4, 0.5) is 0 Å². The molecule has 0 radical (unpaired) electrons. The number of hydrogen-bond acceptors (Lipinski definition) is 3. The Morgan fingerprint density at radius 1 is 1.44 bits per heavy atom. The van der Waals surface area contributed by atoms with Gasteiger partial charge < -0.3 is 10.5 Å². The Morgan fingerprint density at radius 2 is 2.28 bits per heavy atom. The number of nitrogens with two attached hydrogens (primary N) is 1. The fourth-order valence-electron chi connectivity index (χ4n) is 2.67. The largest absolute Gasteiger partial charge is 0.493 e. The standard InChI is InChI=1S/C15H18N2O/c16-8-7-15(5-6-15)10-18-12-2-3-13-11(9-12)1-4-14(13)17/h2-3,9,14H,1,4-7,10,17H2/t14-/m1/s1. The predicted molar refractivity (Wildman–Crippen MR) is 69.1 cm³/mol. The maximum atomic E-state index is 8.78. The van der Waals surface area contributed by atoms with Crippen LogP contribution in [0.3, 0.4) is 0 Å². The molecule has 1 aromatic rings. The highest BCUT2D eigenvalue weighted by atomic mass is 16.5. The van der Waals surface area contributed by atoms with Crippen molar-refractivity contribution in [3.8, 4) is 11.8 Å². The van der Waals surface area contributed by atoms with E-state index in [1.165, 1.54) is 11.1 Å². The zero-order valence-corrected chi connectivity index (χ0v) is 10.5. The summed E-state index contributed by atoms with van der Waals surface area (Å²) in [5.41, 5.74) is 8.74. The van der Waals surface area contributed by atoms with Crippen molar-refractivity contribution in [3.63, 3.8) is 0 Å². The number of nitrogens with zero attached hydrogens (tertiary/aromatic N) is 1. The minimum Gasteiger partial charge on any atom is -0.493 e. The molecule has 0 saturated heterocycles. The number of aryl methyl sites for hydroxylation is 1. The van der Waals surface area contributed by atoms with Gasteiger partial charge in [-0.1, -0.05) is 6.07 Å². The van der Waals surface area contributed by atoms with E-state index in [0.717, 1.165) is 31.4 Å². The van der Waals surface area contributed by atoms with Crippen LogP contribution in [0.1, 0.15) is 42.9 Å². The summed E-state index contributed by atoms with van der Waals surface area (Å²) in [6.07, 6.45) is 4.95. The van der Waals surface area contributed by atoms with Crippen molar-refractivity contribution in [3.05, 3.63) is 29.3 Å². The Bertz CT molecular complexity index is 500. The van der Waals surface area contributed by atoms with Gasteiger partial charge in [0.05, 0.1) is 12.7 Å². The third-order valence-electron chi connectivity index (χ3n) is 4.19. The Labute approximate surface area is 108 Å². The molecule has 3 nitrogen and oxygen atoms in total. The summed E-state index contributed by atoms with van der Waals surface area (Å²) in [5, 5.41) is 8.78. The van der Waals surface area contributed by atoms with E-state index >= 15 is 0 Å². The van der Waals surface area contributed by atoms with Crippen LogP contribution in [0.5, 0.6) is 5.75 Å². The molecule has 0 aromatic heterocycles. The molecule has 18 heavy (non-hydrogen) atoms. The molecule has 1 saturated carbocycles. The van der Waals surface area contributed by atoms with Crippen LogP contribution in [0.25, 0.3) is 0 Å². The number of ether oxygens (including phenoxy) is 1. The fourth-order valence-corrected chi connectivity index (χ4v) is 2.67. The van der Waals surface area contributed by atoms with Gasteiger partial charge in [-0.25, -0.2) is 0 Å². The average Bonchev–Trinajstić information content (AvgIpc) is 3.05. The second-order valence-electron chi connectivity index (χ2n) is 5.63. The van der Waals surface area contributed by atoms with Gasteiger partial charge in [-0.15, -0.1) is 0 Å². The lowest BCUT2D eigenvalue weighted by Gasteiger charge is -2.14. The first-order valence-electron chi connectivity index (χ1n) is 6.61. The molecular weight excluding hydrogens is 224 g/mol. The van der Waals surface area contributed by atoms with Gasteiger partial charge in [0.2, 0.25) is 0 Å². The number of benzene rings is 1. The van der Waals surface area contributed by atoms with E-state index in [4.69, 9.17) is 15.7 Å². The molecule has 3 heteroatoms. The zero-order chi connectivity index (χ0) is 12.6. The molecule has 0 spiro atoms. The molecule has 94 valence electrons. The summed E-state index contributed by atoms with van der Waals surface area (Å²) in [6, 6.07) is 8.67. The van der Waals surface area contributed by atoms with E-state index in [2.05, 4.69) is 18.2 Å². The highest BCUT2D eigenvalue weighted by Crippen LogP contribution is 2.48. The van der Waals surface area contributed by atoms with Crippen molar-refractivity contribution in [2.24, 2.45) is 11.1 Å². The van der Waals surface area contributed by atoms with Crippen LogP contribution in [0.15, 0.2) is 18.2 Å². The minimum absolute atomic E-state index is 0.143. The van der Waals surface area contributed by atoms with E-state index in [1.807, 2.05) is 6.07 Å². The first-order valence-corrected chi connectivity index (χ1v) is 6.61. The lowest BCUT2D eigenvalue weighted by atomic mass is 10.1. The van der Waals surface area contributed by atoms with Gasteiger partial charge in [0.15, 0.2) is 0 Å². The lowest BCUT2D eigenvalue weighted by Crippen LogP contribution is -2.12. The molecule has 1 fully saturated rings. The van der Waals surface area contributed by atoms with Crippen molar-refractivity contribution in [2.75, 3.05) is 6.61 Å². The highest BCUT2D eigenvalue weighted by molar-refractivity contribution is 5.40. The van der Waals surface area contributed by atoms with Gasteiger partial charge in [0, 0.05) is 17.9 Å². The van der Waals surface area contributed by atoms with Crippen molar-refractivity contribution < 1.29 is 4.74 Å². The highest BCUT2D eigenvalue weighted by Gasteiger charge is 2.43. The molecule has 1 aromatic carbocycles. The van der Waals surface area contributed by atoms with Crippen LogP contribution in [0, 0.1) is 16.7 Å². The molecule has 2 N–H and O–H groups in total. The van der Waals surface area contributed by atoms with E-state index in [0.29, 0.717) is 13.0 Å². The van der Waals surface area contributed by atoms with Crippen LogP contribution in [0.2, 0.25) is 0 Å². The molecule has 0 amide bonds. The van der Waals surface area contributed by atoms with Gasteiger partial charge >= 0.3 is 0 Å². The number of hydrogen-bond donors (Lipinski definition) is 1. The van der Waals surface area contributed by atoms with Crippen LogP contribution < -0.4 is 10.5 Å². The van der Waals surface area contributed by atoms with Gasteiger partial charge in [0.25, 0.3) is 0 Å². The van der Waals surface area contributed by atoms with Crippen molar-refractivity contribution in [1.82, 2.24) is 0 Å². The summed E-state index contributed by atoms with van der Waals surface area (Å²) < 4.78 is 5.85. The summed E-state index contributed by atoms with van der Waals surface area (Å²) >= 11 is 0. The zero-order valence-electron chi connectivity index (χ0n) is 10.5. The summed E-state index contributed by atoms with van der Waals surface area (Å²) in [7, 11) is 0. The van der Waals surface area contributed by atoms with Gasteiger partial charge in [-0.3, -0.25) is 0 Å². The minimum atomic E-state index is 0.143. The summed E-state index contributed by atoms with van der Waals surface area (Å²) in [6.45, 7) is 0.672.